The molecule has 1 unspecified atom stereocenters. The number of hydrogen-bond acceptors (Lipinski definition) is 3. The topological polar surface area (TPSA) is 70.2 Å². The third-order valence-electron chi connectivity index (χ3n) is 3.75. The lowest BCUT2D eigenvalue weighted by atomic mass is 10.1. The van der Waals surface area contributed by atoms with Crippen molar-refractivity contribution >= 4 is 28.9 Å². The second-order valence-electron chi connectivity index (χ2n) is 6.03. The highest BCUT2D eigenvalue weighted by Gasteiger charge is 2.14. The third kappa shape index (κ3) is 5.04. The summed E-state index contributed by atoms with van der Waals surface area (Å²) in [5.41, 5.74) is 3.31. The summed E-state index contributed by atoms with van der Waals surface area (Å²) in [4.78, 5) is 23.4. The average molecular weight is 343 g/mol. The van der Waals surface area contributed by atoms with Gasteiger partial charge >= 0.3 is 0 Å². The Labute approximate surface area is 146 Å². The molecular weight excluding hydrogens is 321 g/mol. The van der Waals surface area contributed by atoms with E-state index < -0.39 is 6.04 Å². The van der Waals surface area contributed by atoms with E-state index in [2.05, 4.69) is 16.0 Å². The zero-order chi connectivity index (χ0) is 18.6. The molecule has 0 aliphatic rings. The average Bonchev–Trinajstić information content (AvgIpc) is 2.53. The fourth-order valence-corrected chi connectivity index (χ4v) is 2.32. The number of anilines is 3. The highest BCUT2D eigenvalue weighted by atomic mass is 19.1. The Hall–Kier alpha value is -2.89. The van der Waals surface area contributed by atoms with Gasteiger partial charge in [0.2, 0.25) is 11.8 Å². The number of rotatable bonds is 5. The smallest absolute Gasteiger partial charge is 0.246 e. The van der Waals surface area contributed by atoms with Crippen molar-refractivity contribution < 1.29 is 14.0 Å². The first-order valence-electron chi connectivity index (χ1n) is 7.98. The number of aryl methyl sites for hydroxylation is 2. The lowest BCUT2D eigenvalue weighted by molar-refractivity contribution is -0.116. The lowest BCUT2D eigenvalue weighted by Gasteiger charge is -2.17. The van der Waals surface area contributed by atoms with Crippen LogP contribution >= 0.6 is 0 Å². The van der Waals surface area contributed by atoms with E-state index in [1.54, 1.807) is 38.1 Å². The summed E-state index contributed by atoms with van der Waals surface area (Å²) in [7, 11) is 0. The molecule has 3 N–H and O–H groups in total. The Balaban J connectivity index is 2.01. The summed E-state index contributed by atoms with van der Waals surface area (Å²) in [5.74, 6) is -0.767. The van der Waals surface area contributed by atoms with Gasteiger partial charge in [-0.3, -0.25) is 9.59 Å². The third-order valence-corrected chi connectivity index (χ3v) is 3.75. The van der Waals surface area contributed by atoms with Crippen LogP contribution in [-0.2, 0) is 9.59 Å². The number of hydrogen-bond donors (Lipinski definition) is 3. The van der Waals surface area contributed by atoms with Gasteiger partial charge in [0.05, 0.1) is 0 Å². The van der Waals surface area contributed by atoms with Crippen molar-refractivity contribution in [3.05, 3.63) is 53.3 Å². The van der Waals surface area contributed by atoms with Gasteiger partial charge in [0.15, 0.2) is 0 Å². The number of halogens is 1. The highest BCUT2D eigenvalue weighted by molar-refractivity contribution is 5.96. The number of nitrogens with one attached hydrogen (secondary N) is 3. The first-order valence-corrected chi connectivity index (χ1v) is 7.98. The van der Waals surface area contributed by atoms with Crippen LogP contribution in [0.15, 0.2) is 36.4 Å². The van der Waals surface area contributed by atoms with Gasteiger partial charge in [-0.1, -0.05) is 6.07 Å². The van der Waals surface area contributed by atoms with E-state index >= 15 is 0 Å². The van der Waals surface area contributed by atoms with Gasteiger partial charge in [0, 0.05) is 24.0 Å². The number of amides is 2. The van der Waals surface area contributed by atoms with Crippen LogP contribution in [0.3, 0.4) is 0 Å². The van der Waals surface area contributed by atoms with Crippen LogP contribution in [0.1, 0.15) is 25.0 Å². The van der Waals surface area contributed by atoms with Crippen LogP contribution in [0.5, 0.6) is 0 Å². The molecule has 0 aliphatic heterocycles. The minimum atomic E-state index is -0.518. The highest BCUT2D eigenvalue weighted by Crippen LogP contribution is 2.20. The fraction of sp³-hybridized carbons (Fsp3) is 0.263. The van der Waals surface area contributed by atoms with Crippen molar-refractivity contribution in [1.82, 2.24) is 0 Å². The molecule has 1 atom stereocenters. The largest absolute Gasteiger partial charge is 0.374 e. The van der Waals surface area contributed by atoms with E-state index in [0.717, 1.165) is 16.9 Å². The second kappa shape index (κ2) is 7.79. The minimum absolute atomic E-state index is 0.137. The molecule has 25 heavy (non-hydrogen) atoms. The first-order chi connectivity index (χ1) is 11.8. The Morgan fingerprint density at radius 3 is 2.24 bits per heavy atom. The van der Waals surface area contributed by atoms with Gasteiger partial charge in [-0.2, -0.15) is 0 Å². The van der Waals surface area contributed by atoms with Gasteiger partial charge < -0.3 is 16.0 Å². The van der Waals surface area contributed by atoms with Crippen molar-refractivity contribution in [2.75, 3.05) is 16.0 Å². The van der Waals surface area contributed by atoms with Gasteiger partial charge in [0.1, 0.15) is 11.9 Å². The van der Waals surface area contributed by atoms with Crippen LogP contribution in [0.2, 0.25) is 0 Å². The van der Waals surface area contributed by atoms with E-state index in [9.17, 15) is 14.0 Å². The van der Waals surface area contributed by atoms with E-state index in [-0.39, 0.29) is 17.6 Å². The zero-order valence-corrected chi connectivity index (χ0v) is 14.7. The molecule has 0 radical (unpaired) electrons. The molecular formula is C19H22FN3O2. The van der Waals surface area contributed by atoms with Crippen LogP contribution in [0.25, 0.3) is 0 Å². The molecule has 0 spiro atoms. The lowest BCUT2D eigenvalue weighted by Crippen LogP contribution is -2.31. The first kappa shape index (κ1) is 18.4. The molecule has 2 aromatic rings. The zero-order valence-electron chi connectivity index (χ0n) is 14.7. The predicted octanol–water partition coefficient (Wildman–Crippen LogP) is 3.84. The molecule has 2 aromatic carbocycles. The quantitative estimate of drug-likeness (QED) is 0.772. The molecule has 0 heterocycles. The van der Waals surface area contributed by atoms with Gasteiger partial charge in [0.25, 0.3) is 0 Å². The van der Waals surface area contributed by atoms with Crippen LogP contribution in [-0.4, -0.2) is 17.9 Å². The van der Waals surface area contributed by atoms with Gasteiger partial charge in [-0.25, -0.2) is 4.39 Å². The van der Waals surface area contributed by atoms with Gasteiger partial charge in [-0.15, -0.1) is 0 Å². The predicted molar refractivity (Wildman–Crippen MR) is 98.3 cm³/mol. The minimum Gasteiger partial charge on any atom is -0.374 e. The maximum Gasteiger partial charge on any atom is 0.246 e. The molecule has 6 heteroatoms. The Bertz CT molecular complexity index is 805. The van der Waals surface area contributed by atoms with Crippen molar-refractivity contribution in [1.29, 1.82) is 0 Å². The molecule has 0 aliphatic carbocycles. The van der Waals surface area contributed by atoms with Crippen molar-refractivity contribution in [2.45, 2.75) is 33.7 Å². The molecule has 0 saturated carbocycles. The fourth-order valence-electron chi connectivity index (χ4n) is 2.32. The number of carbonyl (C=O) groups is 2. The van der Waals surface area contributed by atoms with Crippen molar-refractivity contribution in [2.24, 2.45) is 0 Å². The van der Waals surface area contributed by atoms with E-state index in [1.807, 2.05) is 13.0 Å². The van der Waals surface area contributed by atoms with Crippen LogP contribution in [0, 0.1) is 19.7 Å². The molecule has 132 valence electrons. The summed E-state index contributed by atoms with van der Waals surface area (Å²) in [6.07, 6.45) is 0. The standard InChI is InChI=1S/C19H22FN3O2/c1-11-5-6-16(10-17(11)20)23-19(25)13(3)21-15-7-8-18(12(2)9-15)22-14(4)24/h5-10,13,21H,1-4H3,(H,22,24)(H,23,25). The van der Waals surface area contributed by atoms with E-state index in [4.69, 9.17) is 0 Å². The SMILES string of the molecule is CC(=O)Nc1ccc(NC(C)C(=O)Nc2ccc(C)c(F)c2)cc1C. The summed E-state index contributed by atoms with van der Waals surface area (Å²) >= 11 is 0. The van der Waals surface area contributed by atoms with Crippen molar-refractivity contribution in [3.8, 4) is 0 Å². The normalized spacial score (nSPS) is 11.6. The Morgan fingerprint density at radius 2 is 1.64 bits per heavy atom. The monoisotopic (exact) mass is 343 g/mol. The van der Waals surface area contributed by atoms with Crippen molar-refractivity contribution in [3.63, 3.8) is 0 Å². The molecule has 0 bridgehead atoms. The molecule has 0 saturated heterocycles. The maximum absolute atomic E-state index is 13.6. The molecule has 2 rings (SSSR count). The second-order valence-corrected chi connectivity index (χ2v) is 6.03. The molecule has 0 aromatic heterocycles. The summed E-state index contributed by atoms with van der Waals surface area (Å²) in [6.45, 7) is 6.71. The van der Waals surface area contributed by atoms with E-state index in [1.165, 1.54) is 13.0 Å². The van der Waals surface area contributed by atoms with Gasteiger partial charge in [-0.05, 0) is 62.2 Å². The van der Waals surface area contributed by atoms with E-state index in [0.29, 0.717) is 11.3 Å². The van der Waals surface area contributed by atoms with Crippen LogP contribution < -0.4 is 16.0 Å². The number of carbonyl (C=O) groups excluding carboxylic acids is 2. The maximum atomic E-state index is 13.6. The molecule has 2 amide bonds. The van der Waals surface area contributed by atoms with Crippen LogP contribution in [0.4, 0.5) is 21.5 Å². The summed E-state index contributed by atoms with van der Waals surface area (Å²) in [6, 6.07) is 9.47. The Morgan fingerprint density at radius 1 is 0.960 bits per heavy atom. The Kier molecular flexibility index (Phi) is 5.75. The molecule has 0 fully saturated rings. The number of benzene rings is 2. The summed E-state index contributed by atoms with van der Waals surface area (Å²) in [5, 5.41) is 8.51. The summed E-state index contributed by atoms with van der Waals surface area (Å²) < 4.78 is 13.6. The molecule has 5 nitrogen and oxygen atoms in total.